The van der Waals surface area contributed by atoms with Crippen molar-refractivity contribution >= 4 is 22.7 Å². The number of benzene rings is 2. The van der Waals surface area contributed by atoms with E-state index < -0.39 is 0 Å². The Morgan fingerprint density at radius 1 is 1.03 bits per heavy atom. The van der Waals surface area contributed by atoms with Crippen molar-refractivity contribution in [3.63, 3.8) is 0 Å². The van der Waals surface area contributed by atoms with Gasteiger partial charge in [-0.1, -0.05) is 18.2 Å². The summed E-state index contributed by atoms with van der Waals surface area (Å²) in [6, 6.07) is 14.1. The van der Waals surface area contributed by atoms with Gasteiger partial charge in [-0.05, 0) is 67.5 Å². The molecular formula is C26H28FN3O2. The third-order valence-corrected chi connectivity index (χ3v) is 7.05. The topological polar surface area (TPSA) is 56.4 Å². The molecule has 0 saturated carbocycles. The maximum atomic E-state index is 13.2. The van der Waals surface area contributed by atoms with Gasteiger partial charge in [-0.25, -0.2) is 4.39 Å². The van der Waals surface area contributed by atoms with Crippen LogP contribution in [0.3, 0.4) is 0 Å². The molecule has 2 aliphatic heterocycles. The third-order valence-electron chi connectivity index (χ3n) is 7.05. The number of hydrogen-bond acceptors (Lipinski definition) is 2. The summed E-state index contributed by atoms with van der Waals surface area (Å²) in [6.07, 6.45) is 6.05. The molecule has 6 heteroatoms. The number of nitrogens with zero attached hydrogens (tertiary/aromatic N) is 2. The zero-order valence-corrected chi connectivity index (χ0v) is 18.1. The second-order valence-corrected chi connectivity index (χ2v) is 8.96. The van der Waals surface area contributed by atoms with Crippen LogP contribution in [0.4, 0.5) is 4.39 Å². The molecular weight excluding hydrogens is 405 g/mol. The average Bonchev–Trinajstić information content (AvgIpc) is 3.25. The number of aromatic amines is 1. The van der Waals surface area contributed by atoms with Crippen molar-refractivity contribution in [3.8, 4) is 0 Å². The summed E-state index contributed by atoms with van der Waals surface area (Å²) in [6.45, 7) is 2.09. The number of aromatic nitrogens is 1. The number of halogens is 1. The van der Waals surface area contributed by atoms with Gasteiger partial charge in [0.25, 0.3) is 5.91 Å². The monoisotopic (exact) mass is 433 g/mol. The van der Waals surface area contributed by atoms with E-state index in [1.807, 2.05) is 23.2 Å². The number of fused-ring (bicyclic) bond motifs is 2. The number of rotatable bonds is 4. The normalized spacial score (nSPS) is 20.9. The summed E-state index contributed by atoms with van der Waals surface area (Å²) in [5, 5.41) is 1.18. The van der Waals surface area contributed by atoms with Crippen molar-refractivity contribution in [1.82, 2.24) is 14.8 Å². The lowest BCUT2D eigenvalue weighted by atomic mass is 9.83. The van der Waals surface area contributed by atoms with Crippen molar-refractivity contribution in [3.05, 3.63) is 71.7 Å². The number of amides is 2. The third kappa shape index (κ3) is 4.01. The van der Waals surface area contributed by atoms with Crippen LogP contribution >= 0.6 is 0 Å². The van der Waals surface area contributed by atoms with Crippen LogP contribution in [-0.4, -0.2) is 52.3 Å². The van der Waals surface area contributed by atoms with Gasteiger partial charge in [0.1, 0.15) is 5.82 Å². The largest absolute Gasteiger partial charge is 0.361 e. The number of carbonyl (C=O) groups excluding carboxylic acids is 2. The molecule has 3 heterocycles. The van der Waals surface area contributed by atoms with E-state index in [1.54, 1.807) is 12.1 Å². The first-order chi connectivity index (χ1) is 15.6. The van der Waals surface area contributed by atoms with Gasteiger partial charge in [0.05, 0.1) is 0 Å². The molecule has 2 aliphatic rings. The van der Waals surface area contributed by atoms with Crippen LogP contribution in [0.15, 0.2) is 54.7 Å². The SMILES string of the molecule is O=C(c1ccc(F)cc1)N1CC[C@H]2[C@H](CCCN2C(=O)CCc2c[nH]c3ccccc23)C1. The molecule has 2 aromatic carbocycles. The predicted molar refractivity (Wildman–Crippen MR) is 122 cm³/mol. The van der Waals surface area contributed by atoms with Gasteiger partial charge in [0.15, 0.2) is 0 Å². The number of para-hydroxylation sites is 1. The fraction of sp³-hybridized carbons (Fsp3) is 0.385. The first-order valence-corrected chi connectivity index (χ1v) is 11.5. The number of H-pyrrole nitrogens is 1. The highest BCUT2D eigenvalue weighted by Gasteiger charge is 2.39. The maximum Gasteiger partial charge on any atom is 0.253 e. The summed E-state index contributed by atoms with van der Waals surface area (Å²) >= 11 is 0. The highest BCUT2D eigenvalue weighted by atomic mass is 19.1. The van der Waals surface area contributed by atoms with Gasteiger partial charge in [-0.3, -0.25) is 9.59 Å². The zero-order valence-electron chi connectivity index (χ0n) is 18.1. The highest BCUT2D eigenvalue weighted by molar-refractivity contribution is 5.94. The number of hydrogen-bond donors (Lipinski definition) is 1. The molecule has 32 heavy (non-hydrogen) atoms. The van der Waals surface area contributed by atoms with Gasteiger partial charge in [-0.2, -0.15) is 0 Å². The molecule has 1 N–H and O–H groups in total. The van der Waals surface area contributed by atoms with Crippen LogP contribution in [0, 0.1) is 11.7 Å². The van der Waals surface area contributed by atoms with Crippen molar-refractivity contribution in [2.24, 2.45) is 5.92 Å². The summed E-state index contributed by atoms with van der Waals surface area (Å²) < 4.78 is 13.2. The molecule has 5 rings (SSSR count). The lowest BCUT2D eigenvalue weighted by Crippen LogP contribution is -2.56. The minimum absolute atomic E-state index is 0.0498. The quantitative estimate of drug-likeness (QED) is 0.663. The molecule has 5 nitrogen and oxygen atoms in total. The Labute approximate surface area is 187 Å². The van der Waals surface area contributed by atoms with Crippen LogP contribution < -0.4 is 0 Å². The Morgan fingerprint density at radius 3 is 2.69 bits per heavy atom. The fourth-order valence-electron chi connectivity index (χ4n) is 5.40. The lowest BCUT2D eigenvalue weighted by molar-refractivity contribution is -0.137. The summed E-state index contributed by atoms with van der Waals surface area (Å²) in [5.74, 6) is 0.128. The average molecular weight is 434 g/mol. The molecule has 3 aromatic rings. The molecule has 0 aliphatic carbocycles. The highest BCUT2D eigenvalue weighted by Crippen LogP contribution is 2.32. The minimum atomic E-state index is -0.339. The summed E-state index contributed by atoms with van der Waals surface area (Å²) in [7, 11) is 0. The van der Waals surface area contributed by atoms with E-state index in [0.29, 0.717) is 31.0 Å². The van der Waals surface area contributed by atoms with Gasteiger partial charge in [0, 0.05) is 54.8 Å². The van der Waals surface area contributed by atoms with Gasteiger partial charge in [-0.15, -0.1) is 0 Å². The number of piperidine rings is 2. The Morgan fingerprint density at radius 2 is 1.84 bits per heavy atom. The smallest absolute Gasteiger partial charge is 0.253 e. The van der Waals surface area contributed by atoms with E-state index in [2.05, 4.69) is 22.0 Å². The van der Waals surface area contributed by atoms with E-state index in [9.17, 15) is 14.0 Å². The van der Waals surface area contributed by atoms with Crippen LogP contribution in [0.25, 0.3) is 10.9 Å². The predicted octanol–water partition coefficient (Wildman–Crippen LogP) is 4.39. The summed E-state index contributed by atoms with van der Waals surface area (Å²) in [4.78, 5) is 33.2. The van der Waals surface area contributed by atoms with Gasteiger partial charge < -0.3 is 14.8 Å². The molecule has 0 spiro atoms. The lowest BCUT2D eigenvalue weighted by Gasteiger charge is -2.47. The molecule has 0 unspecified atom stereocenters. The van der Waals surface area contributed by atoms with Gasteiger partial charge >= 0.3 is 0 Å². The van der Waals surface area contributed by atoms with Crippen LogP contribution in [-0.2, 0) is 11.2 Å². The number of nitrogens with one attached hydrogen (secondary N) is 1. The molecule has 2 amide bonds. The molecule has 166 valence electrons. The maximum absolute atomic E-state index is 13.2. The molecule has 1 aromatic heterocycles. The number of likely N-dealkylation sites (tertiary alicyclic amines) is 2. The standard InChI is InChI=1S/C26H28FN3O2/c27-21-10-7-18(8-11-21)26(32)29-15-13-24-20(17-29)4-3-14-30(24)25(31)12-9-19-16-28-23-6-2-1-5-22(19)23/h1-2,5-8,10-11,16,20,24,28H,3-4,9,12-15,17H2/t20-,24+/m1/s1. The van der Waals surface area contributed by atoms with E-state index in [1.165, 1.54) is 23.1 Å². The van der Waals surface area contributed by atoms with Crippen LogP contribution in [0.5, 0.6) is 0 Å². The molecule has 0 bridgehead atoms. The molecule has 2 saturated heterocycles. The molecule has 2 fully saturated rings. The Bertz CT molecular complexity index is 1120. The second-order valence-electron chi connectivity index (χ2n) is 8.96. The Kier molecular flexibility index (Phi) is 5.68. The van der Waals surface area contributed by atoms with E-state index in [-0.39, 0.29) is 23.7 Å². The van der Waals surface area contributed by atoms with Crippen molar-refractivity contribution < 1.29 is 14.0 Å². The molecule has 2 atom stereocenters. The summed E-state index contributed by atoms with van der Waals surface area (Å²) in [5.41, 5.74) is 2.81. The van der Waals surface area contributed by atoms with Gasteiger partial charge in [0.2, 0.25) is 5.91 Å². The minimum Gasteiger partial charge on any atom is -0.361 e. The van der Waals surface area contributed by atoms with Crippen LogP contribution in [0.2, 0.25) is 0 Å². The van der Waals surface area contributed by atoms with Crippen LogP contribution in [0.1, 0.15) is 41.6 Å². The second kappa shape index (κ2) is 8.77. The first kappa shape index (κ1) is 20.7. The molecule has 0 radical (unpaired) electrons. The zero-order chi connectivity index (χ0) is 22.1. The van der Waals surface area contributed by atoms with E-state index in [4.69, 9.17) is 0 Å². The number of carbonyl (C=O) groups is 2. The Hall–Kier alpha value is -3.15. The van der Waals surface area contributed by atoms with E-state index in [0.717, 1.165) is 37.7 Å². The fourth-order valence-corrected chi connectivity index (χ4v) is 5.40. The first-order valence-electron chi connectivity index (χ1n) is 11.5. The van der Waals surface area contributed by atoms with E-state index >= 15 is 0 Å². The van der Waals surface area contributed by atoms with Crippen molar-refractivity contribution in [2.75, 3.05) is 19.6 Å². The number of aryl methyl sites for hydroxylation is 1. The Balaban J connectivity index is 1.22. The van der Waals surface area contributed by atoms with Crippen molar-refractivity contribution in [1.29, 1.82) is 0 Å². The van der Waals surface area contributed by atoms with Crippen molar-refractivity contribution in [2.45, 2.75) is 38.1 Å².